The van der Waals surface area contributed by atoms with Gasteiger partial charge in [-0.1, -0.05) is 36.2 Å². The summed E-state index contributed by atoms with van der Waals surface area (Å²) in [5.74, 6) is 0.624. The van der Waals surface area contributed by atoms with Gasteiger partial charge in [-0.25, -0.2) is 0 Å². The molecule has 0 saturated carbocycles. The van der Waals surface area contributed by atoms with Crippen molar-refractivity contribution in [2.24, 2.45) is 0 Å². The second-order valence-corrected chi connectivity index (χ2v) is 4.46. The minimum absolute atomic E-state index is 0.501. The minimum Gasteiger partial charge on any atom is -0.495 e. The number of rotatable bonds is 5. The molecule has 0 aliphatic heterocycles. The lowest BCUT2D eigenvalue weighted by atomic mass is 10.1. The Labute approximate surface area is 107 Å². The van der Waals surface area contributed by atoms with Crippen LogP contribution in [0, 0.1) is 0 Å². The maximum atomic E-state index is 6.17. The molecule has 0 amide bonds. The van der Waals surface area contributed by atoms with Gasteiger partial charge in [0, 0.05) is 6.54 Å². The summed E-state index contributed by atoms with van der Waals surface area (Å²) < 4.78 is 5.10. The van der Waals surface area contributed by atoms with Gasteiger partial charge in [0.05, 0.1) is 12.1 Å². The lowest BCUT2D eigenvalue weighted by Crippen LogP contribution is -2.20. The highest BCUT2D eigenvalue weighted by molar-refractivity contribution is 6.43. The first kappa shape index (κ1) is 13.6. The maximum absolute atomic E-state index is 6.17. The van der Waals surface area contributed by atoms with Gasteiger partial charge < -0.3 is 9.64 Å². The van der Waals surface area contributed by atoms with Crippen molar-refractivity contribution < 1.29 is 4.74 Å². The highest BCUT2D eigenvalue weighted by atomic mass is 35.5. The Morgan fingerprint density at radius 3 is 2.50 bits per heavy atom. The van der Waals surface area contributed by atoms with E-state index in [0.717, 1.165) is 25.1 Å². The molecule has 4 heteroatoms. The molecule has 1 aromatic carbocycles. The quantitative estimate of drug-likeness (QED) is 0.805. The van der Waals surface area contributed by atoms with Crippen LogP contribution in [0.15, 0.2) is 12.1 Å². The van der Waals surface area contributed by atoms with Gasteiger partial charge in [0.1, 0.15) is 10.8 Å². The van der Waals surface area contributed by atoms with Gasteiger partial charge in [0.2, 0.25) is 0 Å². The average molecular weight is 262 g/mol. The van der Waals surface area contributed by atoms with Gasteiger partial charge in [-0.05, 0) is 31.6 Å². The number of hydrogen-bond acceptors (Lipinski definition) is 2. The zero-order chi connectivity index (χ0) is 12.1. The molecule has 0 saturated heterocycles. The Balaban J connectivity index is 2.78. The number of likely N-dealkylation sites (N-methyl/N-ethyl adjacent to an activating group) is 1. The summed E-state index contributed by atoms with van der Waals surface area (Å²) in [7, 11) is 3.67. The third-order valence-corrected chi connectivity index (χ3v) is 3.55. The molecule has 0 spiro atoms. The molecule has 0 heterocycles. The third kappa shape index (κ3) is 3.27. The second kappa shape index (κ2) is 6.33. The van der Waals surface area contributed by atoms with E-state index in [-0.39, 0.29) is 0 Å². The molecule has 2 nitrogen and oxygen atoms in total. The summed E-state index contributed by atoms with van der Waals surface area (Å²) >= 11 is 12.3. The van der Waals surface area contributed by atoms with Crippen molar-refractivity contribution in [2.75, 3.05) is 27.2 Å². The molecular formula is C12H17Cl2NO. The van der Waals surface area contributed by atoms with Crippen molar-refractivity contribution in [3.8, 4) is 5.75 Å². The second-order valence-electron chi connectivity index (χ2n) is 3.70. The first-order chi connectivity index (χ1) is 7.60. The van der Waals surface area contributed by atoms with Gasteiger partial charge in [0.15, 0.2) is 0 Å². The highest BCUT2D eigenvalue weighted by Crippen LogP contribution is 2.34. The van der Waals surface area contributed by atoms with Gasteiger partial charge in [0.25, 0.3) is 0 Å². The maximum Gasteiger partial charge on any atom is 0.138 e. The summed E-state index contributed by atoms with van der Waals surface area (Å²) in [5.41, 5.74) is 1.06. The molecule has 1 aromatic rings. The number of benzene rings is 1. The number of ether oxygens (including phenoxy) is 1. The van der Waals surface area contributed by atoms with E-state index in [1.54, 1.807) is 7.11 Å². The van der Waals surface area contributed by atoms with Crippen LogP contribution in [0.5, 0.6) is 5.75 Å². The number of nitrogens with zero attached hydrogens (tertiary/aromatic N) is 1. The summed E-state index contributed by atoms with van der Waals surface area (Å²) in [6.07, 6.45) is 0.896. The molecule has 90 valence electrons. The Hall–Kier alpha value is -0.440. The van der Waals surface area contributed by atoms with Crippen LogP contribution in [0.3, 0.4) is 0 Å². The van der Waals surface area contributed by atoms with E-state index >= 15 is 0 Å². The van der Waals surface area contributed by atoms with E-state index in [9.17, 15) is 0 Å². The number of methoxy groups -OCH3 is 1. The van der Waals surface area contributed by atoms with E-state index in [1.165, 1.54) is 0 Å². The fourth-order valence-electron chi connectivity index (χ4n) is 1.39. The van der Waals surface area contributed by atoms with Crippen molar-refractivity contribution in [1.29, 1.82) is 0 Å². The van der Waals surface area contributed by atoms with Crippen LogP contribution in [0.4, 0.5) is 0 Å². The predicted octanol–water partition coefficient (Wildman–Crippen LogP) is 3.50. The van der Waals surface area contributed by atoms with Crippen molar-refractivity contribution in [3.05, 3.63) is 27.7 Å². The van der Waals surface area contributed by atoms with Crippen LogP contribution in [-0.4, -0.2) is 32.1 Å². The Bertz CT molecular complexity index is 355. The summed E-state index contributed by atoms with van der Waals surface area (Å²) in [4.78, 5) is 2.23. The van der Waals surface area contributed by atoms with Crippen LogP contribution >= 0.6 is 23.2 Å². The standard InChI is InChI=1S/C12H17Cl2NO/c1-4-15(2)8-7-9-5-6-10(16-3)12(14)11(9)13/h5-6H,4,7-8H2,1-3H3. The molecular weight excluding hydrogens is 245 g/mol. The Morgan fingerprint density at radius 1 is 1.25 bits per heavy atom. The van der Waals surface area contributed by atoms with Gasteiger partial charge >= 0.3 is 0 Å². The lowest BCUT2D eigenvalue weighted by Gasteiger charge is -2.15. The molecule has 0 aliphatic rings. The summed E-state index contributed by atoms with van der Waals surface area (Å²) in [5, 5.41) is 1.10. The van der Waals surface area contributed by atoms with Crippen molar-refractivity contribution in [1.82, 2.24) is 4.90 Å². The van der Waals surface area contributed by atoms with Crippen LogP contribution in [-0.2, 0) is 6.42 Å². The monoisotopic (exact) mass is 261 g/mol. The van der Waals surface area contributed by atoms with E-state index in [4.69, 9.17) is 27.9 Å². The highest BCUT2D eigenvalue weighted by Gasteiger charge is 2.10. The van der Waals surface area contributed by atoms with Crippen LogP contribution in [0.1, 0.15) is 12.5 Å². The average Bonchev–Trinajstić information content (AvgIpc) is 2.30. The van der Waals surface area contributed by atoms with E-state index < -0.39 is 0 Å². The van der Waals surface area contributed by atoms with Gasteiger partial charge in [-0.3, -0.25) is 0 Å². The topological polar surface area (TPSA) is 12.5 Å². The van der Waals surface area contributed by atoms with E-state index in [0.29, 0.717) is 15.8 Å². The van der Waals surface area contributed by atoms with Crippen LogP contribution < -0.4 is 4.74 Å². The summed E-state index contributed by atoms with van der Waals surface area (Å²) in [6.45, 7) is 4.13. The Morgan fingerprint density at radius 2 is 1.94 bits per heavy atom. The SMILES string of the molecule is CCN(C)CCc1ccc(OC)c(Cl)c1Cl. The van der Waals surface area contributed by atoms with Crippen molar-refractivity contribution >= 4 is 23.2 Å². The normalized spacial score (nSPS) is 10.9. The molecule has 0 atom stereocenters. The van der Waals surface area contributed by atoms with Crippen molar-refractivity contribution in [2.45, 2.75) is 13.3 Å². The van der Waals surface area contributed by atoms with Crippen LogP contribution in [0.2, 0.25) is 10.0 Å². The molecule has 0 fully saturated rings. The molecule has 0 radical (unpaired) electrons. The minimum atomic E-state index is 0.501. The smallest absolute Gasteiger partial charge is 0.138 e. The molecule has 0 aromatic heterocycles. The number of hydrogen-bond donors (Lipinski definition) is 0. The van der Waals surface area contributed by atoms with Gasteiger partial charge in [-0.15, -0.1) is 0 Å². The molecule has 0 unspecified atom stereocenters. The molecule has 1 rings (SSSR count). The first-order valence-electron chi connectivity index (χ1n) is 5.29. The first-order valence-corrected chi connectivity index (χ1v) is 6.05. The zero-order valence-electron chi connectivity index (χ0n) is 9.89. The van der Waals surface area contributed by atoms with Crippen LogP contribution in [0.25, 0.3) is 0 Å². The predicted molar refractivity (Wildman–Crippen MR) is 69.9 cm³/mol. The zero-order valence-corrected chi connectivity index (χ0v) is 11.4. The third-order valence-electron chi connectivity index (χ3n) is 2.65. The van der Waals surface area contributed by atoms with E-state index in [2.05, 4.69) is 18.9 Å². The lowest BCUT2D eigenvalue weighted by molar-refractivity contribution is 0.357. The fourth-order valence-corrected chi connectivity index (χ4v) is 1.90. The summed E-state index contributed by atoms with van der Waals surface area (Å²) in [6, 6.07) is 3.83. The van der Waals surface area contributed by atoms with Gasteiger partial charge in [-0.2, -0.15) is 0 Å². The Kier molecular flexibility index (Phi) is 5.39. The fraction of sp³-hybridized carbons (Fsp3) is 0.500. The number of halogens is 2. The van der Waals surface area contributed by atoms with Crippen molar-refractivity contribution in [3.63, 3.8) is 0 Å². The molecule has 0 aliphatic carbocycles. The molecule has 0 N–H and O–H groups in total. The molecule has 0 bridgehead atoms. The van der Waals surface area contributed by atoms with E-state index in [1.807, 2.05) is 12.1 Å². The molecule has 16 heavy (non-hydrogen) atoms. The largest absolute Gasteiger partial charge is 0.495 e.